The summed E-state index contributed by atoms with van der Waals surface area (Å²) < 4.78 is 7.56. The molecule has 32 heavy (non-hydrogen) atoms. The summed E-state index contributed by atoms with van der Waals surface area (Å²) in [5.74, 6) is 0.940. The van der Waals surface area contributed by atoms with E-state index in [-0.39, 0.29) is 0 Å². The van der Waals surface area contributed by atoms with Crippen molar-refractivity contribution in [2.24, 2.45) is 7.05 Å². The summed E-state index contributed by atoms with van der Waals surface area (Å²) in [5.41, 5.74) is 3.24. The van der Waals surface area contributed by atoms with Gasteiger partial charge in [-0.1, -0.05) is 6.07 Å². The fraction of sp³-hybridized carbons (Fsp3) is 0.304. The van der Waals surface area contributed by atoms with Crippen LogP contribution in [-0.2, 0) is 19.3 Å². The molecule has 1 aromatic carbocycles. The molecule has 0 amide bonds. The van der Waals surface area contributed by atoms with Gasteiger partial charge >= 0.3 is 0 Å². The first-order valence-corrected chi connectivity index (χ1v) is 11.3. The molecule has 1 aliphatic carbocycles. The van der Waals surface area contributed by atoms with Crippen LogP contribution >= 0.6 is 11.3 Å². The number of hydrogen-bond acceptors (Lipinski definition) is 8. The third-order valence-corrected chi connectivity index (χ3v) is 6.86. The van der Waals surface area contributed by atoms with Gasteiger partial charge in [0.2, 0.25) is 11.8 Å². The fourth-order valence-electron chi connectivity index (χ4n) is 3.65. The van der Waals surface area contributed by atoms with E-state index in [4.69, 9.17) is 4.74 Å². The van der Waals surface area contributed by atoms with Crippen molar-refractivity contribution < 1.29 is 9.84 Å². The van der Waals surface area contributed by atoms with Crippen molar-refractivity contribution in [3.05, 3.63) is 65.2 Å². The molecule has 0 aliphatic heterocycles. The summed E-state index contributed by atoms with van der Waals surface area (Å²) >= 11 is 1.55. The van der Waals surface area contributed by atoms with Crippen LogP contribution in [-0.4, -0.2) is 29.8 Å². The lowest BCUT2D eigenvalue weighted by atomic mass is 9.81. The summed E-state index contributed by atoms with van der Waals surface area (Å²) in [5, 5.41) is 18.8. The molecular weight excluding hydrogens is 424 g/mol. The molecule has 1 saturated carbocycles. The van der Waals surface area contributed by atoms with Gasteiger partial charge in [-0.15, -0.1) is 11.3 Å². The van der Waals surface area contributed by atoms with Gasteiger partial charge in [-0.2, -0.15) is 10.1 Å². The molecule has 1 aliphatic rings. The molecule has 4 aromatic rings. The fourth-order valence-corrected chi connectivity index (χ4v) is 4.70. The molecule has 9 heteroatoms. The molecule has 164 valence electrons. The van der Waals surface area contributed by atoms with Crippen LogP contribution in [0.15, 0.2) is 48.9 Å². The Morgan fingerprint density at radius 2 is 2.06 bits per heavy atom. The summed E-state index contributed by atoms with van der Waals surface area (Å²) in [6.07, 6.45) is 7.87. The molecule has 8 nitrogen and oxygen atoms in total. The second-order valence-electron chi connectivity index (χ2n) is 8.08. The van der Waals surface area contributed by atoms with Crippen LogP contribution in [0.3, 0.4) is 0 Å². The zero-order valence-corrected chi connectivity index (χ0v) is 18.8. The molecule has 0 atom stereocenters. The van der Waals surface area contributed by atoms with Crippen molar-refractivity contribution in [1.82, 2.24) is 24.7 Å². The molecule has 3 aromatic heterocycles. The zero-order chi connectivity index (χ0) is 22.1. The molecule has 5 rings (SSSR count). The molecule has 0 spiro atoms. The Labute approximate surface area is 190 Å². The maximum absolute atomic E-state index is 10.6. The van der Waals surface area contributed by atoms with Gasteiger partial charge in [0.05, 0.1) is 10.6 Å². The predicted octanol–water partition coefficient (Wildman–Crippen LogP) is 4.34. The molecule has 1 fully saturated rings. The third kappa shape index (κ3) is 4.21. The highest BCUT2D eigenvalue weighted by Gasteiger charge is 2.39. The largest absolute Gasteiger partial charge is 0.471 e. The van der Waals surface area contributed by atoms with Crippen molar-refractivity contribution in [3.63, 3.8) is 0 Å². The average molecular weight is 449 g/mol. The van der Waals surface area contributed by atoms with Gasteiger partial charge < -0.3 is 15.2 Å². The first-order valence-electron chi connectivity index (χ1n) is 10.5. The van der Waals surface area contributed by atoms with E-state index in [1.807, 2.05) is 38.4 Å². The molecule has 0 unspecified atom stereocenters. The van der Waals surface area contributed by atoms with Crippen LogP contribution in [0.25, 0.3) is 10.4 Å². The van der Waals surface area contributed by atoms with E-state index in [0.717, 1.165) is 51.7 Å². The van der Waals surface area contributed by atoms with E-state index in [0.29, 0.717) is 18.4 Å². The number of aryl methyl sites for hydroxylation is 2. The summed E-state index contributed by atoms with van der Waals surface area (Å²) in [7, 11) is 1.87. The van der Waals surface area contributed by atoms with Crippen molar-refractivity contribution in [2.45, 2.75) is 38.4 Å². The zero-order valence-electron chi connectivity index (χ0n) is 17.9. The normalized spacial score (nSPS) is 14.7. The SMILES string of the molecule is Cc1cc(Nc2nccc(OCc3ccnn3C)n2)cc(-c2cnc(C3(O)CCC3)s2)c1. The molecule has 0 saturated heterocycles. The third-order valence-electron chi connectivity index (χ3n) is 5.62. The lowest BCUT2D eigenvalue weighted by Gasteiger charge is -2.34. The first kappa shape index (κ1) is 20.6. The Morgan fingerprint density at radius 3 is 2.81 bits per heavy atom. The topological polar surface area (TPSA) is 98.0 Å². The van der Waals surface area contributed by atoms with E-state index in [1.165, 1.54) is 0 Å². The molecular formula is C23H24N6O2S. The standard InChI is InChI=1S/C23H24N6O2S/c1-15-10-16(19-13-25-21(32-19)23(30)6-3-7-23)12-17(11-15)27-22-24-8-5-20(28-22)31-14-18-4-9-26-29(18)2/h4-5,8-13,30H,3,6-7,14H2,1-2H3,(H,24,27,28). The lowest BCUT2D eigenvalue weighted by Crippen LogP contribution is -2.33. The van der Waals surface area contributed by atoms with Gasteiger partial charge in [0.1, 0.15) is 17.2 Å². The van der Waals surface area contributed by atoms with Crippen molar-refractivity contribution >= 4 is 23.0 Å². The molecule has 0 bridgehead atoms. The Kier molecular flexibility index (Phi) is 5.36. The number of nitrogens with zero attached hydrogens (tertiary/aromatic N) is 5. The van der Waals surface area contributed by atoms with E-state index in [2.05, 4.69) is 31.4 Å². The van der Waals surface area contributed by atoms with Crippen molar-refractivity contribution in [1.29, 1.82) is 0 Å². The highest BCUT2D eigenvalue weighted by molar-refractivity contribution is 7.15. The van der Waals surface area contributed by atoms with Gasteiger partial charge in [0.15, 0.2) is 0 Å². The van der Waals surface area contributed by atoms with E-state index in [9.17, 15) is 5.11 Å². The minimum Gasteiger partial charge on any atom is -0.471 e. The minimum absolute atomic E-state index is 0.377. The number of hydrogen-bond donors (Lipinski definition) is 2. The lowest BCUT2D eigenvalue weighted by molar-refractivity contribution is -0.0389. The van der Waals surface area contributed by atoms with Gasteiger partial charge in [0.25, 0.3) is 0 Å². The second kappa shape index (κ2) is 8.33. The summed E-state index contributed by atoms with van der Waals surface area (Å²) in [6, 6.07) is 9.83. The van der Waals surface area contributed by atoms with Crippen molar-refractivity contribution in [3.8, 4) is 16.3 Å². The van der Waals surface area contributed by atoms with E-state index >= 15 is 0 Å². The Balaban J connectivity index is 1.33. The molecule has 3 heterocycles. The Morgan fingerprint density at radius 1 is 1.19 bits per heavy atom. The minimum atomic E-state index is -0.739. The quantitative estimate of drug-likeness (QED) is 0.434. The van der Waals surface area contributed by atoms with Gasteiger partial charge in [-0.25, -0.2) is 9.97 Å². The van der Waals surface area contributed by atoms with Crippen LogP contribution in [0.4, 0.5) is 11.6 Å². The monoisotopic (exact) mass is 448 g/mol. The van der Waals surface area contributed by atoms with Crippen LogP contribution in [0.2, 0.25) is 0 Å². The van der Waals surface area contributed by atoms with Crippen LogP contribution < -0.4 is 10.1 Å². The number of nitrogens with one attached hydrogen (secondary N) is 1. The predicted molar refractivity (Wildman–Crippen MR) is 123 cm³/mol. The highest BCUT2D eigenvalue weighted by atomic mass is 32.1. The number of thiazole rings is 1. The summed E-state index contributed by atoms with van der Waals surface area (Å²) in [6.45, 7) is 2.42. The molecule has 0 radical (unpaired) electrons. The second-order valence-corrected chi connectivity index (χ2v) is 9.11. The number of aliphatic hydroxyl groups is 1. The molecule has 2 N–H and O–H groups in total. The maximum Gasteiger partial charge on any atom is 0.230 e. The van der Waals surface area contributed by atoms with Crippen molar-refractivity contribution in [2.75, 3.05) is 5.32 Å². The first-order chi connectivity index (χ1) is 15.5. The van der Waals surface area contributed by atoms with Crippen LogP contribution in [0.1, 0.15) is 35.5 Å². The Hall–Kier alpha value is -3.30. The average Bonchev–Trinajstić information content (AvgIpc) is 3.40. The number of benzene rings is 1. The summed E-state index contributed by atoms with van der Waals surface area (Å²) in [4.78, 5) is 14.3. The number of anilines is 2. The maximum atomic E-state index is 10.6. The van der Waals surface area contributed by atoms with E-state index in [1.54, 1.807) is 34.5 Å². The van der Waals surface area contributed by atoms with Crippen LogP contribution in [0.5, 0.6) is 5.88 Å². The smallest absolute Gasteiger partial charge is 0.230 e. The number of ether oxygens (including phenoxy) is 1. The van der Waals surface area contributed by atoms with Gasteiger partial charge in [-0.3, -0.25) is 4.68 Å². The van der Waals surface area contributed by atoms with Gasteiger partial charge in [0, 0.05) is 37.4 Å². The number of aromatic nitrogens is 5. The highest BCUT2D eigenvalue weighted by Crippen LogP contribution is 2.44. The van der Waals surface area contributed by atoms with E-state index < -0.39 is 5.60 Å². The number of rotatable bonds is 7. The Bertz CT molecular complexity index is 1250. The van der Waals surface area contributed by atoms with Crippen LogP contribution in [0, 0.1) is 6.92 Å². The van der Waals surface area contributed by atoms with Gasteiger partial charge in [-0.05, 0) is 55.5 Å².